The number of carbonyl (C=O) groups excluding carboxylic acids is 2. The summed E-state index contributed by atoms with van der Waals surface area (Å²) in [6.45, 7) is 5.04. The van der Waals surface area contributed by atoms with Gasteiger partial charge in [-0.3, -0.25) is 4.79 Å². The lowest BCUT2D eigenvalue weighted by Crippen LogP contribution is -2.50. The van der Waals surface area contributed by atoms with Crippen LogP contribution in [0.5, 0.6) is 0 Å². The van der Waals surface area contributed by atoms with Crippen molar-refractivity contribution >= 4 is 22.9 Å². The molecule has 0 radical (unpaired) electrons. The van der Waals surface area contributed by atoms with E-state index in [-0.39, 0.29) is 13.0 Å². The highest BCUT2D eigenvalue weighted by molar-refractivity contribution is 5.89. The van der Waals surface area contributed by atoms with Crippen LogP contribution in [0.2, 0.25) is 0 Å². The van der Waals surface area contributed by atoms with Crippen molar-refractivity contribution < 1.29 is 19.4 Å². The van der Waals surface area contributed by atoms with Gasteiger partial charge in [0.2, 0.25) is 5.91 Å². The first-order valence-corrected chi connectivity index (χ1v) is 10.7. The van der Waals surface area contributed by atoms with Gasteiger partial charge in [0.15, 0.2) is 0 Å². The van der Waals surface area contributed by atoms with Gasteiger partial charge < -0.3 is 25.0 Å². The second kappa shape index (κ2) is 9.87. The van der Waals surface area contributed by atoms with Gasteiger partial charge in [-0.25, -0.2) is 4.79 Å². The Morgan fingerprint density at radius 2 is 1.69 bits per heavy atom. The highest BCUT2D eigenvalue weighted by atomic mass is 16.6. The van der Waals surface area contributed by atoms with Crippen LogP contribution in [-0.4, -0.2) is 39.9 Å². The summed E-state index contributed by atoms with van der Waals surface area (Å²) in [5, 5.41) is 16.4. The lowest BCUT2D eigenvalue weighted by molar-refractivity contribution is -0.124. The number of para-hydroxylation sites is 1. The quantitative estimate of drug-likeness (QED) is 0.528. The average molecular weight is 438 g/mol. The lowest BCUT2D eigenvalue weighted by Gasteiger charge is -2.25. The number of aromatic nitrogens is 1. The summed E-state index contributed by atoms with van der Waals surface area (Å²) in [5.41, 5.74) is 2.06. The van der Waals surface area contributed by atoms with Crippen LogP contribution in [0.25, 0.3) is 10.9 Å². The fraction of sp³-hybridized carbons (Fsp3) is 0.360. The summed E-state index contributed by atoms with van der Waals surface area (Å²) < 4.78 is 7.37. The molecule has 170 valence electrons. The number of fused-ring (bicyclic) bond motifs is 1. The number of nitrogens with zero attached hydrogens (tertiary/aromatic N) is 1. The van der Waals surface area contributed by atoms with E-state index >= 15 is 0 Å². The molecule has 0 saturated heterocycles. The first kappa shape index (κ1) is 23.3. The van der Waals surface area contributed by atoms with Crippen molar-refractivity contribution in [2.24, 2.45) is 7.05 Å². The summed E-state index contributed by atoms with van der Waals surface area (Å²) in [5.74, 6) is -0.397. The molecule has 0 unspecified atom stereocenters. The predicted octanol–water partition coefficient (Wildman–Crippen LogP) is 3.46. The van der Waals surface area contributed by atoms with E-state index in [4.69, 9.17) is 4.74 Å². The van der Waals surface area contributed by atoms with E-state index in [2.05, 4.69) is 10.6 Å². The first-order valence-electron chi connectivity index (χ1n) is 10.7. The molecule has 0 spiro atoms. The van der Waals surface area contributed by atoms with E-state index < -0.39 is 29.7 Å². The molecule has 2 aromatic carbocycles. The number of alkyl carbamates (subject to hydrolysis) is 1. The maximum atomic E-state index is 13.2. The van der Waals surface area contributed by atoms with Crippen LogP contribution in [0.1, 0.15) is 37.9 Å². The van der Waals surface area contributed by atoms with E-state index in [1.807, 2.05) is 72.4 Å². The molecule has 1 heterocycles. The van der Waals surface area contributed by atoms with Crippen molar-refractivity contribution in [1.29, 1.82) is 0 Å². The van der Waals surface area contributed by atoms with Crippen LogP contribution in [0.4, 0.5) is 4.79 Å². The molecule has 7 heteroatoms. The molecule has 7 nitrogen and oxygen atoms in total. The molecule has 0 aliphatic carbocycles. The summed E-state index contributed by atoms with van der Waals surface area (Å²) in [4.78, 5) is 25.7. The van der Waals surface area contributed by atoms with Gasteiger partial charge in [-0.15, -0.1) is 0 Å². The van der Waals surface area contributed by atoms with Crippen molar-refractivity contribution in [3.05, 3.63) is 71.9 Å². The highest BCUT2D eigenvalue weighted by Crippen LogP contribution is 2.22. The number of ether oxygens (including phenoxy) is 1. The number of aliphatic hydroxyl groups excluding tert-OH is 1. The van der Waals surface area contributed by atoms with E-state index in [9.17, 15) is 14.7 Å². The van der Waals surface area contributed by atoms with Crippen molar-refractivity contribution in [1.82, 2.24) is 15.2 Å². The zero-order chi connectivity index (χ0) is 23.3. The molecule has 32 heavy (non-hydrogen) atoms. The van der Waals surface area contributed by atoms with Crippen LogP contribution < -0.4 is 10.6 Å². The van der Waals surface area contributed by atoms with E-state index in [1.54, 1.807) is 20.8 Å². The fourth-order valence-electron chi connectivity index (χ4n) is 3.66. The second-order valence-corrected chi connectivity index (χ2v) is 8.84. The fourth-order valence-corrected chi connectivity index (χ4v) is 3.66. The van der Waals surface area contributed by atoms with Crippen molar-refractivity contribution in [2.45, 2.75) is 44.9 Å². The number of hydrogen-bond acceptors (Lipinski definition) is 4. The van der Waals surface area contributed by atoms with Gasteiger partial charge in [0.05, 0.1) is 12.6 Å². The Morgan fingerprint density at radius 1 is 1.03 bits per heavy atom. The monoisotopic (exact) mass is 437 g/mol. The molecule has 2 atom stereocenters. The third-order valence-corrected chi connectivity index (χ3v) is 5.11. The Kier molecular flexibility index (Phi) is 7.20. The van der Waals surface area contributed by atoms with Crippen LogP contribution in [0.15, 0.2) is 60.8 Å². The molecule has 3 rings (SSSR count). The first-order chi connectivity index (χ1) is 15.2. The van der Waals surface area contributed by atoms with Gasteiger partial charge in [0.1, 0.15) is 11.6 Å². The highest BCUT2D eigenvalue weighted by Gasteiger charge is 2.27. The number of nitrogens with one attached hydrogen (secondary N) is 2. The molecule has 2 amide bonds. The topological polar surface area (TPSA) is 92.6 Å². The normalized spacial score (nSPS) is 13.4. The maximum absolute atomic E-state index is 13.2. The summed E-state index contributed by atoms with van der Waals surface area (Å²) in [6.07, 6.45) is 1.57. The molecule has 3 aromatic rings. The second-order valence-electron chi connectivity index (χ2n) is 8.84. The van der Waals surface area contributed by atoms with E-state index in [1.165, 1.54) is 0 Å². The number of aliphatic hydroxyl groups is 1. The largest absolute Gasteiger partial charge is 0.444 e. The standard InChI is InChI=1S/C25H31N3O4/c1-25(2,3)32-24(31)27-20(14-18-15-28(4)22-13-9-8-12-19(18)22)23(30)26-21(16-29)17-10-6-5-7-11-17/h5-13,15,20-21,29H,14,16H2,1-4H3,(H,26,30)(H,27,31)/t20-,21+/m0/s1. The number of rotatable bonds is 7. The summed E-state index contributed by atoms with van der Waals surface area (Å²) >= 11 is 0. The zero-order valence-corrected chi connectivity index (χ0v) is 19.0. The molecule has 0 aliphatic rings. The predicted molar refractivity (Wildman–Crippen MR) is 124 cm³/mol. The molecular formula is C25H31N3O4. The van der Waals surface area contributed by atoms with Crippen LogP contribution >= 0.6 is 0 Å². The molecule has 0 fully saturated rings. The van der Waals surface area contributed by atoms with Gasteiger partial charge in [-0.05, 0) is 38.0 Å². The number of benzene rings is 2. The van der Waals surface area contributed by atoms with E-state index in [0.29, 0.717) is 0 Å². The molecular weight excluding hydrogens is 406 g/mol. The van der Waals surface area contributed by atoms with Crippen LogP contribution in [0.3, 0.4) is 0 Å². The smallest absolute Gasteiger partial charge is 0.408 e. The molecule has 3 N–H and O–H groups in total. The van der Waals surface area contributed by atoms with E-state index in [0.717, 1.165) is 22.0 Å². The summed E-state index contributed by atoms with van der Waals surface area (Å²) in [7, 11) is 1.94. The summed E-state index contributed by atoms with van der Waals surface area (Å²) in [6, 6.07) is 15.7. The number of hydrogen-bond donors (Lipinski definition) is 3. The third kappa shape index (κ3) is 5.88. The number of carbonyl (C=O) groups is 2. The number of aryl methyl sites for hydroxylation is 1. The van der Waals surface area contributed by atoms with Crippen molar-refractivity contribution in [2.75, 3.05) is 6.61 Å². The average Bonchev–Trinajstić information content (AvgIpc) is 3.06. The van der Waals surface area contributed by atoms with Gasteiger partial charge in [0, 0.05) is 30.6 Å². The minimum Gasteiger partial charge on any atom is -0.444 e. The van der Waals surface area contributed by atoms with Crippen LogP contribution in [0, 0.1) is 0 Å². The van der Waals surface area contributed by atoms with Crippen molar-refractivity contribution in [3.63, 3.8) is 0 Å². The lowest BCUT2D eigenvalue weighted by atomic mass is 10.0. The van der Waals surface area contributed by atoms with Crippen molar-refractivity contribution in [3.8, 4) is 0 Å². The Balaban J connectivity index is 1.85. The van der Waals surface area contributed by atoms with Gasteiger partial charge >= 0.3 is 6.09 Å². The Morgan fingerprint density at radius 3 is 2.34 bits per heavy atom. The minimum absolute atomic E-state index is 0.261. The molecule has 0 aliphatic heterocycles. The molecule has 1 aromatic heterocycles. The SMILES string of the molecule is Cn1cc(C[C@H](NC(=O)OC(C)(C)C)C(=O)N[C@H](CO)c2ccccc2)c2ccccc21. The maximum Gasteiger partial charge on any atom is 0.408 e. The number of amides is 2. The Hall–Kier alpha value is -3.32. The minimum atomic E-state index is -0.881. The Bertz CT molecular complexity index is 1070. The zero-order valence-electron chi connectivity index (χ0n) is 19.0. The third-order valence-electron chi connectivity index (χ3n) is 5.11. The molecule has 0 bridgehead atoms. The molecule has 0 saturated carbocycles. The van der Waals surface area contributed by atoms with Gasteiger partial charge in [-0.1, -0.05) is 48.5 Å². The van der Waals surface area contributed by atoms with Gasteiger partial charge in [0.25, 0.3) is 0 Å². The van der Waals surface area contributed by atoms with Gasteiger partial charge in [-0.2, -0.15) is 0 Å². The Labute approximate surface area is 188 Å². The van der Waals surface area contributed by atoms with Crippen LogP contribution in [-0.2, 0) is 23.0 Å².